The topological polar surface area (TPSA) is 75.8 Å². The molecule has 1 aliphatic carbocycles. The van der Waals surface area contributed by atoms with E-state index in [0.717, 1.165) is 25.1 Å². The predicted octanol–water partition coefficient (Wildman–Crippen LogP) is 1.81. The largest absolute Gasteiger partial charge is 0.490 e. The number of hydrogen-bond acceptors (Lipinski definition) is 5. The van der Waals surface area contributed by atoms with E-state index < -0.39 is 4.92 Å². The number of aliphatic hydroxyl groups is 1. The van der Waals surface area contributed by atoms with Crippen molar-refractivity contribution in [2.75, 3.05) is 25.6 Å². The Labute approximate surface area is 111 Å². The van der Waals surface area contributed by atoms with E-state index in [0.29, 0.717) is 5.92 Å². The Morgan fingerprint density at radius 3 is 2.74 bits per heavy atom. The molecule has 0 aromatic heterocycles. The van der Waals surface area contributed by atoms with Gasteiger partial charge in [-0.25, -0.2) is 0 Å². The summed E-state index contributed by atoms with van der Waals surface area (Å²) < 4.78 is 5.05. The molecule has 0 radical (unpaired) electrons. The van der Waals surface area contributed by atoms with Gasteiger partial charge in [0.1, 0.15) is 0 Å². The lowest BCUT2D eigenvalue weighted by Gasteiger charge is -2.35. The fourth-order valence-electron chi connectivity index (χ4n) is 2.40. The van der Waals surface area contributed by atoms with Crippen LogP contribution in [0.2, 0.25) is 0 Å². The normalized spacial score (nSPS) is 21.6. The number of benzene rings is 1. The maximum Gasteiger partial charge on any atom is 0.311 e. The third-order valence-electron chi connectivity index (χ3n) is 3.54. The maximum absolute atomic E-state index is 10.8. The average molecular weight is 266 g/mol. The van der Waals surface area contributed by atoms with Crippen molar-refractivity contribution in [3.63, 3.8) is 0 Å². The molecule has 1 aromatic carbocycles. The van der Waals surface area contributed by atoms with E-state index in [4.69, 9.17) is 4.74 Å². The summed E-state index contributed by atoms with van der Waals surface area (Å²) in [6.07, 6.45) is 1.49. The molecule has 1 fully saturated rings. The average Bonchev–Trinajstić information content (AvgIpc) is 2.35. The van der Waals surface area contributed by atoms with Crippen molar-refractivity contribution in [3.8, 4) is 5.75 Å². The second-order valence-electron chi connectivity index (χ2n) is 4.99. The Bertz CT molecular complexity index is 472. The maximum atomic E-state index is 10.8. The van der Waals surface area contributed by atoms with Gasteiger partial charge in [-0.05, 0) is 24.8 Å². The van der Waals surface area contributed by atoms with Crippen molar-refractivity contribution in [1.82, 2.24) is 0 Å². The third kappa shape index (κ3) is 2.96. The summed E-state index contributed by atoms with van der Waals surface area (Å²) >= 11 is 0. The third-order valence-corrected chi connectivity index (χ3v) is 3.54. The van der Waals surface area contributed by atoms with Crippen molar-refractivity contribution < 1.29 is 14.8 Å². The Morgan fingerprint density at radius 2 is 2.21 bits per heavy atom. The molecule has 6 heteroatoms. The van der Waals surface area contributed by atoms with E-state index in [2.05, 4.69) is 0 Å². The van der Waals surface area contributed by atoms with Crippen LogP contribution in [-0.2, 0) is 0 Å². The number of nitro groups is 1. The van der Waals surface area contributed by atoms with Gasteiger partial charge < -0.3 is 14.7 Å². The molecule has 1 N–H and O–H groups in total. The van der Waals surface area contributed by atoms with Gasteiger partial charge in [0.2, 0.25) is 0 Å². The number of rotatable bonds is 5. The molecule has 0 amide bonds. The van der Waals surface area contributed by atoms with Crippen LogP contribution in [0.4, 0.5) is 11.4 Å². The number of nitro benzene ring substituents is 1. The van der Waals surface area contributed by atoms with Crippen LogP contribution in [-0.4, -0.2) is 36.8 Å². The monoisotopic (exact) mass is 266 g/mol. The molecule has 0 spiro atoms. The summed E-state index contributed by atoms with van der Waals surface area (Å²) in [6.45, 7) is 0.831. The van der Waals surface area contributed by atoms with E-state index >= 15 is 0 Å². The molecule has 0 atom stereocenters. The number of nitrogens with zero attached hydrogens (tertiary/aromatic N) is 2. The predicted molar refractivity (Wildman–Crippen MR) is 71.6 cm³/mol. The molecular weight excluding hydrogens is 248 g/mol. The molecular formula is C13H18N2O4. The van der Waals surface area contributed by atoms with Crippen molar-refractivity contribution in [2.45, 2.75) is 18.9 Å². The highest BCUT2D eigenvalue weighted by Gasteiger charge is 2.28. The molecule has 2 rings (SSSR count). The second kappa shape index (κ2) is 5.44. The van der Waals surface area contributed by atoms with Gasteiger partial charge >= 0.3 is 5.69 Å². The lowest BCUT2D eigenvalue weighted by atomic mass is 9.82. The van der Waals surface area contributed by atoms with E-state index in [1.807, 2.05) is 11.9 Å². The first-order chi connectivity index (χ1) is 9.01. The van der Waals surface area contributed by atoms with Crippen LogP contribution in [0.3, 0.4) is 0 Å². The Kier molecular flexibility index (Phi) is 3.90. The standard InChI is InChI=1S/C13H18N2O4/c1-14(8-9-5-11(16)6-9)10-3-4-12(15(17)18)13(7-10)19-2/h3-4,7,9,11,16H,5-6,8H2,1-2H3. The molecule has 0 bridgehead atoms. The highest BCUT2D eigenvalue weighted by molar-refractivity contribution is 5.59. The second-order valence-corrected chi connectivity index (χ2v) is 4.99. The Hall–Kier alpha value is -1.82. The van der Waals surface area contributed by atoms with Crippen LogP contribution in [0.25, 0.3) is 0 Å². The van der Waals surface area contributed by atoms with Crippen LogP contribution in [0.1, 0.15) is 12.8 Å². The highest BCUT2D eigenvalue weighted by Crippen LogP contribution is 2.33. The number of ether oxygens (including phenoxy) is 1. The number of aliphatic hydroxyl groups excluding tert-OH is 1. The lowest BCUT2D eigenvalue weighted by molar-refractivity contribution is -0.385. The summed E-state index contributed by atoms with van der Waals surface area (Å²) in [5.41, 5.74) is 0.850. The minimum atomic E-state index is -0.453. The summed E-state index contributed by atoms with van der Waals surface area (Å²) in [4.78, 5) is 12.4. The molecule has 19 heavy (non-hydrogen) atoms. The molecule has 1 saturated carbocycles. The molecule has 0 unspecified atom stereocenters. The minimum Gasteiger partial charge on any atom is -0.490 e. The summed E-state index contributed by atoms with van der Waals surface area (Å²) in [5, 5.41) is 20.1. The zero-order valence-corrected chi connectivity index (χ0v) is 11.1. The molecule has 104 valence electrons. The van der Waals surface area contributed by atoms with Crippen LogP contribution in [0, 0.1) is 16.0 Å². The summed E-state index contributed by atoms with van der Waals surface area (Å²) in [7, 11) is 3.36. The van der Waals surface area contributed by atoms with Crippen molar-refractivity contribution in [2.24, 2.45) is 5.92 Å². The van der Waals surface area contributed by atoms with Crippen molar-refractivity contribution in [1.29, 1.82) is 0 Å². The molecule has 0 heterocycles. The summed E-state index contributed by atoms with van der Waals surface area (Å²) in [5.74, 6) is 0.754. The minimum absolute atomic E-state index is 0.0290. The number of hydrogen-bond donors (Lipinski definition) is 1. The highest BCUT2D eigenvalue weighted by atomic mass is 16.6. The van der Waals surface area contributed by atoms with Gasteiger partial charge in [0.05, 0.1) is 18.1 Å². The van der Waals surface area contributed by atoms with Gasteiger partial charge in [-0.2, -0.15) is 0 Å². The SMILES string of the molecule is COc1cc(N(C)CC2CC(O)C2)ccc1[N+](=O)[O-]. The molecule has 0 aliphatic heterocycles. The fourth-order valence-corrected chi connectivity index (χ4v) is 2.40. The summed E-state index contributed by atoms with van der Waals surface area (Å²) in [6, 6.07) is 4.85. The zero-order valence-electron chi connectivity index (χ0n) is 11.1. The van der Waals surface area contributed by atoms with E-state index in [-0.39, 0.29) is 17.5 Å². The Morgan fingerprint density at radius 1 is 1.53 bits per heavy atom. The first-order valence-corrected chi connectivity index (χ1v) is 6.23. The molecule has 1 aromatic rings. The van der Waals surface area contributed by atoms with Gasteiger partial charge in [0, 0.05) is 31.4 Å². The fraction of sp³-hybridized carbons (Fsp3) is 0.538. The van der Waals surface area contributed by atoms with Gasteiger partial charge in [0.15, 0.2) is 5.75 Å². The molecule has 6 nitrogen and oxygen atoms in total. The first kappa shape index (κ1) is 13.6. The van der Waals surface area contributed by atoms with Crippen LogP contribution >= 0.6 is 0 Å². The van der Waals surface area contributed by atoms with Gasteiger partial charge in [-0.1, -0.05) is 0 Å². The first-order valence-electron chi connectivity index (χ1n) is 6.23. The Balaban J connectivity index is 2.09. The quantitative estimate of drug-likeness (QED) is 0.649. The lowest BCUT2D eigenvalue weighted by Crippen LogP contribution is -2.37. The smallest absolute Gasteiger partial charge is 0.311 e. The van der Waals surface area contributed by atoms with Crippen molar-refractivity contribution >= 4 is 11.4 Å². The number of methoxy groups -OCH3 is 1. The van der Waals surface area contributed by atoms with Crippen molar-refractivity contribution in [3.05, 3.63) is 28.3 Å². The number of anilines is 1. The van der Waals surface area contributed by atoms with E-state index in [9.17, 15) is 15.2 Å². The van der Waals surface area contributed by atoms with Crippen LogP contribution in [0.15, 0.2) is 18.2 Å². The molecule has 1 aliphatic rings. The zero-order chi connectivity index (χ0) is 14.0. The van der Waals surface area contributed by atoms with E-state index in [1.165, 1.54) is 13.2 Å². The van der Waals surface area contributed by atoms with Crippen LogP contribution < -0.4 is 9.64 Å². The van der Waals surface area contributed by atoms with E-state index in [1.54, 1.807) is 12.1 Å². The van der Waals surface area contributed by atoms with Crippen LogP contribution in [0.5, 0.6) is 5.75 Å². The molecule has 0 saturated heterocycles. The van der Waals surface area contributed by atoms with Gasteiger partial charge in [0.25, 0.3) is 0 Å². The van der Waals surface area contributed by atoms with Gasteiger partial charge in [-0.3, -0.25) is 10.1 Å². The van der Waals surface area contributed by atoms with Gasteiger partial charge in [-0.15, -0.1) is 0 Å².